The summed E-state index contributed by atoms with van der Waals surface area (Å²) in [6, 6.07) is 6.47. The molecule has 0 amide bonds. The van der Waals surface area contributed by atoms with Crippen molar-refractivity contribution in [2.45, 2.75) is 41.9 Å². The van der Waals surface area contributed by atoms with Crippen molar-refractivity contribution in [1.29, 1.82) is 0 Å². The van der Waals surface area contributed by atoms with E-state index in [0.29, 0.717) is 12.2 Å². The molecule has 2 rings (SSSR count). The van der Waals surface area contributed by atoms with E-state index in [1.54, 1.807) is 24.3 Å². The average molecular weight is 269 g/mol. The molecule has 0 heterocycles. The van der Waals surface area contributed by atoms with Crippen LogP contribution in [-0.4, -0.2) is 26.8 Å². The summed E-state index contributed by atoms with van der Waals surface area (Å²) in [6.07, 6.45) is 3.35. The quantitative estimate of drug-likeness (QED) is 0.907. The second-order valence-corrected chi connectivity index (χ2v) is 6.82. The SMILES string of the molecule is COc1ccccc1S(=O)(=O)C1CCCCC1N. The summed E-state index contributed by atoms with van der Waals surface area (Å²) < 4.78 is 30.4. The van der Waals surface area contributed by atoms with Gasteiger partial charge in [0.05, 0.1) is 12.4 Å². The number of benzene rings is 1. The van der Waals surface area contributed by atoms with Crippen molar-refractivity contribution in [2.24, 2.45) is 5.73 Å². The first-order chi connectivity index (χ1) is 8.57. The fourth-order valence-electron chi connectivity index (χ4n) is 2.53. The molecule has 0 aliphatic heterocycles. The number of rotatable bonds is 3. The number of ether oxygens (including phenoxy) is 1. The maximum atomic E-state index is 12.6. The minimum Gasteiger partial charge on any atom is -0.495 e. The second kappa shape index (κ2) is 5.28. The summed E-state index contributed by atoms with van der Waals surface area (Å²) in [5, 5.41) is -0.484. The van der Waals surface area contributed by atoms with Gasteiger partial charge in [0.25, 0.3) is 0 Å². The van der Waals surface area contributed by atoms with E-state index in [-0.39, 0.29) is 10.9 Å². The van der Waals surface area contributed by atoms with Crippen LogP contribution in [0.1, 0.15) is 25.7 Å². The molecule has 1 aliphatic rings. The largest absolute Gasteiger partial charge is 0.495 e. The van der Waals surface area contributed by atoms with Crippen molar-refractivity contribution in [3.63, 3.8) is 0 Å². The molecule has 4 nitrogen and oxygen atoms in total. The van der Waals surface area contributed by atoms with E-state index in [1.165, 1.54) is 7.11 Å². The Morgan fingerprint density at radius 3 is 2.56 bits per heavy atom. The zero-order valence-electron chi connectivity index (χ0n) is 10.5. The van der Waals surface area contributed by atoms with Crippen LogP contribution in [0.5, 0.6) is 5.75 Å². The molecule has 1 aromatic carbocycles. The van der Waals surface area contributed by atoms with Gasteiger partial charge in [-0.15, -0.1) is 0 Å². The molecule has 0 saturated heterocycles. The summed E-state index contributed by atoms with van der Waals surface area (Å²) in [5.74, 6) is 0.398. The average Bonchev–Trinajstić information content (AvgIpc) is 2.39. The topological polar surface area (TPSA) is 69.4 Å². The zero-order chi connectivity index (χ0) is 13.2. The van der Waals surface area contributed by atoms with Gasteiger partial charge in [0.1, 0.15) is 10.6 Å². The van der Waals surface area contributed by atoms with Crippen LogP contribution in [0.15, 0.2) is 29.2 Å². The lowest BCUT2D eigenvalue weighted by Gasteiger charge is -2.28. The lowest BCUT2D eigenvalue weighted by atomic mass is 9.96. The van der Waals surface area contributed by atoms with Gasteiger partial charge in [-0.25, -0.2) is 8.42 Å². The first-order valence-corrected chi connectivity index (χ1v) is 7.74. The number of methoxy groups -OCH3 is 1. The maximum Gasteiger partial charge on any atom is 0.186 e. The van der Waals surface area contributed by atoms with Gasteiger partial charge in [0.2, 0.25) is 0 Å². The number of sulfone groups is 1. The van der Waals surface area contributed by atoms with Gasteiger partial charge >= 0.3 is 0 Å². The van der Waals surface area contributed by atoms with Crippen LogP contribution >= 0.6 is 0 Å². The minimum atomic E-state index is -3.40. The Balaban J connectivity index is 2.41. The Labute approximate surface area is 108 Å². The molecule has 1 aliphatic carbocycles. The Morgan fingerprint density at radius 1 is 1.22 bits per heavy atom. The van der Waals surface area contributed by atoms with E-state index in [1.807, 2.05) is 0 Å². The van der Waals surface area contributed by atoms with Crippen LogP contribution in [-0.2, 0) is 9.84 Å². The van der Waals surface area contributed by atoms with Crippen LogP contribution < -0.4 is 10.5 Å². The van der Waals surface area contributed by atoms with E-state index in [2.05, 4.69) is 0 Å². The number of hydrogen-bond donors (Lipinski definition) is 1. The Hall–Kier alpha value is -1.07. The van der Waals surface area contributed by atoms with Gasteiger partial charge in [-0.1, -0.05) is 25.0 Å². The van der Waals surface area contributed by atoms with Crippen LogP contribution in [0.4, 0.5) is 0 Å². The van der Waals surface area contributed by atoms with Crippen molar-refractivity contribution >= 4 is 9.84 Å². The molecule has 0 spiro atoms. The molecular weight excluding hydrogens is 250 g/mol. The predicted molar refractivity (Wildman–Crippen MR) is 70.4 cm³/mol. The highest BCUT2D eigenvalue weighted by atomic mass is 32.2. The fourth-order valence-corrected chi connectivity index (χ4v) is 4.63. The lowest BCUT2D eigenvalue weighted by Crippen LogP contribution is -2.42. The third-order valence-electron chi connectivity index (χ3n) is 3.53. The van der Waals surface area contributed by atoms with Gasteiger partial charge in [-0.05, 0) is 25.0 Å². The van der Waals surface area contributed by atoms with Crippen molar-refractivity contribution < 1.29 is 13.2 Å². The third kappa shape index (κ3) is 2.37. The molecule has 1 aromatic rings. The second-order valence-electron chi connectivity index (χ2n) is 4.68. The third-order valence-corrected chi connectivity index (χ3v) is 5.86. The Kier molecular flexibility index (Phi) is 3.92. The van der Waals surface area contributed by atoms with Crippen LogP contribution in [0.2, 0.25) is 0 Å². The first kappa shape index (κ1) is 13.4. The van der Waals surface area contributed by atoms with Crippen LogP contribution in [0.3, 0.4) is 0 Å². The number of nitrogens with two attached hydrogens (primary N) is 1. The molecule has 0 aromatic heterocycles. The first-order valence-electron chi connectivity index (χ1n) is 6.20. The smallest absolute Gasteiger partial charge is 0.186 e. The van der Waals surface area contributed by atoms with E-state index >= 15 is 0 Å². The van der Waals surface area contributed by atoms with Crippen LogP contribution in [0.25, 0.3) is 0 Å². The molecule has 100 valence electrons. The van der Waals surface area contributed by atoms with E-state index in [0.717, 1.165) is 19.3 Å². The summed E-state index contributed by atoms with van der Waals surface area (Å²) in [6.45, 7) is 0. The molecule has 2 N–H and O–H groups in total. The summed E-state index contributed by atoms with van der Waals surface area (Å²) in [7, 11) is -1.92. The highest BCUT2D eigenvalue weighted by Crippen LogP contribution is 2.32. The standard InChI is InChI=1S/C13H19NO3S/c1-17-11-7-3-5-9-13(11)18(15,16)12-8-4-2-6-10(12)14/h3,5,7,9-10,12H,2,4,6,8,14H2,1H3. The molecule has 2 unspecified atom stereocenters. The summed E-state index contributed by atoms with van der Waals surface area (Å²) in [4.78, 5) is 0.259. The molecule has 5 heteroatoms. The summed E-state index contributed by atoms with van der Waals surface area (Å²) >= 11 is 0. The van der Waals surface area contributed by atoms with E-state index in [4.69, 9.17) is 10.5 Å². The molecule has 2 atom stereocenters. The Morgan fingerprint density at radius 2 is 1.89 bits per heavy atom. The molecule has 18 heavy (non-hydrogen) atoms. The van der Waals surface area contributed by atoms with Crippen molar-refractivity contribution in [3.05, 3.63) is 24.3 Å². The molecular formula is C13H19NO3S. The normalized spacial score (nSPS) is 24.8. The molecule has 0 bridgehead atoms. The minimum absolute atomic E-state index is 0.259. The lowest BCUT2D eigenvalue weighted by molar-refractivity contribution is 0.398. The zero-order valence-corrected chi connectivity index (χ0v) is 11.3. The highest BCUT2D eigenvalue weighted by Gasteiger charge is 2.36. The number of hydrogen-bond acceptors (Lipinski definition) is 4. The van der Waals surface area contributed by atoms with Crippen molar-refractivity contribution in [3.8, 4) is 5.75 Å². The molecule has 1 fully saturated rings. The van der Waals surface area contributed by atoms with Gasteiger partial charge in [-0.2, -0.15) is 0 Å². The maximum absolute atomic E-state index is 12.6. The Bertz CT molecular complexity index is 513. The van der Waals surface area contributed by atoms with Gasteiger partial charge in [-0.3, -0.25) is 0 Å². The monoisotopic (exact) mass is 269 g/mol. The van der Waals surface area contributed by atoms with Crippen molar-refractivity contribution in [2.75, 3.05) is 7.11 Å². The number of para-hydroxylation sites is 1. The van der Waals surface area contributed by atoms with Gasteiger partial charge in [0.15, 0.2) is 9.84 Å². The van der Waals surface area contributed by atoms with Crippen molar-refractivity contribution in [1.82, 2.24) is 0 Å². The molecule has 0 radical (unpaired) electrons. The molecule has 1 saturated carbocycles. The predicted octanol–water partition coefficient (Wildman–Crippen LogP) is 1.74. The highest BCUT2D eigenvalue weighted by molar-refractivity contribution is 7.92. The van der Waals surface area contributed by atoms with E-state index in [9.17, 15) is 8.42 Å². The van der Waals surface area contributed by atoms with Gasteiger partial charge in [0, 0.05) is 6.04 Å². The van der Waals surface area contributed by atoms with Gasteiger partial charge < -0.3 is 10.5 Å². The fraction of sp³-hybridized carbons (Fsp3) is 0.538. The van der Waals surface area contributed by atoms with E-state index < -0.39 is 15.1 Å². The van der Waals surface area contributed by atoms with Crippen LogP contribution in [0, 0.1) is 0 Å². The summed E-state index contributed by atoms with van der Waals surface area (Å²) in [5.41, 5.74) is 5.97.